The van der Waals surface area contributed by atoms with Crippen molar-refractivity contribution in [3.05, 3.63) is 12.4 Å². The van der Waals surface area contributed by atoms with E-state index in [1.165, 1.54) is 24.8 Å². The molecular formula is C4H4N4. The van der Waals surface area contributed by atoms with E-state index in [4.69, 9.17) is 0 Å². The lowest BCUT2D eigenvalue weighted by Crippen LogP contribution is -1.72. The van der Waals surface area contributed by atoms with E-state index in [9.17, 15) is 0 Å². The van der Waals surface area contributed by atoms with Gasteiger partial charge in [0.2, 0.25) is 0 Å². The minimum Gasteiger partial charge on any atom is -0.261 e. The molecule has 0 bridgehead atoms. The summed E-state index contributed by atoms with van der Waals surface area (Å²) in [6, 6.07) is 0. The van der Waals surface area contributed by atoms with Gasteiger partial charge in [0.1, 0.15) is 0 Å². The SMILES string of the molecule is C1=CN=N/N=C\C=N1. The van der Waals surface area contributed by atoms with Crippen LogP contribution in [0.4, 0.5) is 0 Å². The van der Waals surface area contributed by atoms with Crippen molar-refractivity contribution < 1.29 is 0 Å². The van der Waals surface area contributed by atoms with Gasteiger partial charge in [-0.1, -0.05) is 0 Å². The Kier molecular flexibility index (Phi) is 1.68. The molecule has 4 nitrogen and oxygen atoms in total. The molecule has 0 N–H and O–H groups in total. The maximum atomic E-state index is 3.72. The first-order valence-corrected chi connectivity index (χ1v) is 2.10. The van der Waals surface area contributed by atoms with Crippen LogP contribution >= 0.6 is 0 Å². The normalized spacial score (nSPS) is 20.0. The third-order valence-electron chi connectivity index (χ3n) is 0.542. The fraction of sp³-hybridized carbons (Fsp3) is 0. The lowest BCUT2D eigenvalue weighted by molar-refractivity contribution is 1.06. The third kappa shape index (κ3) is 1.42. The molecular weight excluding hydrogens is 104 g/mol. The lowest BCUT2D eigenvalue weighted by atomic mass is 10.8. The summed E-state index contributed by atoms with van der Waals surface area (Å²) in [5.41, 5.74) is 0. The Morgan fingerprint density at radius 3 is 3.00 bits per heavy atom. The standard InChI is InChI=1S/C4H4N4/c1-3-6-8-7-4-2-5-1/h1-4H/b3-1?,4-2?,5-1?,5-2?,6-3-,7-4?,8-6?,8-7?. The van der Waals surface area contributed by atoms with Gasteiger partial charge in [0.25, 0.3) is 0 Å². The van der Waals surface area contributed by atoms with Crippen LogP contribution in [0.1, 0.15) is 0 Å². The van der Waals surface area contributed by atoms with E-state index < -0.39 is 0 Å². The van der Waals surface area contributed by atoms with Gasteiger partial charge in [-0.15, -0.1) is 10.2 Å². The second kappa shape index (κ2) is 2.79. The summed E-state index contributed by atoms with van der Waals surface area (Å²) in [6.45, 7) is 0. The smallest absolute Gasteiger partial charge is 0.0696 e. The van der Waals surface area contributed by atoms with Crippen molar-refractivity contribution in [1.82, 2.24) is 0 Å². The Morgan fingerprint density at radius 2 is 2.00 bits per heavy atom. The highest BCUT2D eigenvalue weighted by Gasteiger charge is 1.68. The molecule has 8 heavy (non-hydrogen) atoms. The van der Waals surface area contributed by atoms with Crippen LogP contribution in [0.15, 0.2) is 32.8 Å². The molecule has 40 valence electrons. The first kappa shape index (κ1) is 4.83. The average Bonchev–Trinajstić information content (AvgIpc) is 1.62. The summed E-state index contributed by atoms with van der Waals surface area (Å²) in [5.74, 6) is 0. The summed E-state index contributed by atoms with van der Waals surface area (Å²) in [4.78, 5) is 3.72. The van der Waals surface area contributed by atoms with Crippen molar-refractivity contribution in [1.29, 1.82) is 0 Å². The molecule has 1 rings (SSSR count). The van der Waals surface area contributed by atoms with E-state index in [0.29, 0.717) is 0 Å². The molecule has 4 heteroatoms. The molecule has 1 aliphatic heterocycles. The molecule has 0 saturated carbocycles. The fourth-order valence-corrected chi connectivity index (χ4v) is 0.276. The van der Waals surface area contributed by atoms with Crippen LogP contribution in [0.25, 0.3) is 0 Å². The van der Waals surface area contributed by atoms with Crippen LogP contribution in [0, 0.1) is 0 Å². The van der Waals surface area contributed by atoms with Gasteiger partial charge in [-0.25, -0.2) is 0 Å². The maximum Gasteiger partial charge on any atom is 0.0696 e. The van der Waals surface area contributed by atoms with Crippen LogP contribution in [0.3, 0.4) is 0 Å². The molecule has 0 saturated heterocycles. The number of hydrogen-bond acceptors (Lipinski definition) is 4. The molecule has 0 aromatic rings. The van der Waals surface area contributed by atoms with E-state index in [-0.39, 0.29) is 0 Å². The highest BCUT2D eigenvalue weighted by molar-refractivity contribution is 6.16. The van der Waals surface area contributed by atoms with Gasteiger partial charge in [0.05, 0.1) is 12.4 Å². The molecule has 0 atom stereocenters. The summed E-state index contributed by atoms with van der Waals surface area (Å²) < 4.78 is 0. The van der Waals surface area contributed by atoms with Crippen molar-refractivity contribution in [3.63, 3.8) is 0 Å². The van der Waals surface area contributed by atoms with Gasteiger partial charge < -0.3 is 0 Å². The maximum absolute atomic E-state index is 3.72. The molecule has 0 fully saturated rings. The first-order valence-electron chi connectivity index (χ1n) is 2.10. The topological polar surface area (TPSA) is 49.4 Å². The Hall–Kier alpha value is -1.32. The van der Waals surface area contributed by atoms with Crippen LogP contribution in [-0.2, 0) is 0 Å². The van der Waals surface area contributed by atoms with Gasteiger partial charge >= 0.3 is 0 Å². The lowest BCUT2D eigenvalue weighted by Gasteiger charge is -1.76. The molecule has 0 radical (unpaired) electrons. The van der Waals surface area contributed by atoms with E-state index in [0.717, 1.165) is 0 Å². The zero-order valence-electron chi connectivity index (χ0n) is 4.10. The average molecular weight is 108 g/mol. The van der Waals surface area contributed by atoms with Gasteiger partial charge in [-0.2, -0.15) is 0 Å². The molecule has 1 heterocycles. The summed E-state index contributed by atoms with van der Waals surface area (Å²) in [5, 5.41) is 10.3. The number of aliphatic imine (C=N–C) groups is 1. The third-order valence-corrected chi connectivity index (χ3v) is 0.542. The Balaban J connectivity index is 2.67. The van der Waals surface area contributed by atoms with E-state index in [1.54, 1.807) is 0 Å². The molecule has 0 unspecified atom stereocenters. The van der Waals surface area contributed by atoms with E-state index in [1.807, 2.05) is 0 Å². The summed E-state index contributed by atoms with van der Waals surface area (Å²) in [6.07, 6.45) is 6.00. The van der Waals surface area contributed by atoms with Gasteiger partial charge in [-0.05, 0) is 5.22 Å². The second-order valence-corrected chi connectivity index (χ2v) is 1.07. The zero-order valence-corrected chi connectivity index (χ0v) is 4.10. The highest BCUT2D eigenvalue weighted by Crippen LogP contribution is 1.81. The quantitative estimate of drug-likeness (QED) is 0.444. The van der Waals surface area contributed by atoms with E-state index in [2.05, 4.69) is 20.4 Å². The Morgan fingerprint density at radius 1 is 1.00 bits per heavy atom. The zero-order chi connectivity index (χ0) is 5.66. The van der Waals surface area contributed by atoms with E-state index >= 15 is 0 Å². The second-order valence-electron chi connectivity index (χ2n) is 1.07. The number of hydrogen-bond donors (Lipinski definition) is 0. The fourth-order valence-electron chi connectivity index (χ4n) is 0.276. The van der Waals surface area contributed by atoms with Gasteiger partial charge in [0.15, 0.2) is 0 Å². The van der Waals surface area contributed by atoms with Crippen molar-refractivity contribution in [2.45, 2.75) is 0 Å². The van der Waals surface area contributed by atoms with Crippen molar-refractivity contribution in [2.75, 3.05) is 0 Å². The summed E-state index contributed by atoms with van der Waals surface area (Å²) in [7, 11) is 0. The highest BCUT2D eigenvalue weighted by atomic mass is 15.4. The molecule has 1 aliphatic rings. The molecule has 0 spiro atoms. The largest absolute Gasteiger partial charge is 0.261 e. The van der Waals surface area contributed by atoms with Crippen LogP contribution in [0.5, 0.6) is 0 Å². The van der Waals surface area contributed by atoms with Crippen molar-refractivity contribution in [3.8, 4) is 0 Å². The number of rotatable bonds is 0. The minimum absolute atomic E-state index is 1.47. The molecule has 0 aromatic carbocycles. The molecule has 0 aromatic heterocycles. The monoisotopic (exact) mass is 108 g/mol. The first-order chi connectivity index (χ1) is 4.00. The molecule has 0 aliphatic carbocycles. The Bertz CT molecular complexity index is 109. The van der Waals surface area contributed by atoms with Crippen molar-refractivity contribution in [2.24, 2.45) is 20.4 Å². The summed E-state index contributed by atoms with van der Waals surface area (Å²) >= 11 is 0. The number of nitrogens with zero attached hydrogens (tertiary/aromatic N) is 4. The van der Waals surface area contributed by atoms with Crippen molar-refractivity contribution >= 4 is 12.4 Å². The minimum atomic E-state index is 1.47. The predicted octanol–water partition coefficient (Wildman–Crippen LogP) is 0.980. The Labute approximate surface area is 46.3 Å². The van der Waals surface area contributed by atoms with Crippen LogP contribution in [0.2, 0.25) is 0 Å². The van der Waals surface area contributed by atoms with Crippen LogP contribution in [-0.4, -0.2) is 12.4 Å². The predicted molar refractivity (Wildman–Crippen MR) is 31.0 cm³/mol. The van der Waals surface area contributed by atoms with Gasteiger partial charge in [-0.3, -0.25) is 4.99 Å². The van der Waals surface area contributed by atoms with Gasteiger partial charge in [0, 0.05) is 12.4 Å². The molecule has 0 amide bonds. The van der Waals surface area contributed by atoms with Crippen LogP contribution < -0.4 is 0 Å².